The van der Waals surface area contributed by atoms with Gasteiger partial charge >= 0.3 is 0 Å². The summed E-state index contributed by atoms with van der Waals surface area (Å²) in [6.45, 7) is 6.02. The number of hydrogen-bond acceptors (Lipinski definition) is 8. The summed E-state index contributed by atoms with van der Waals surface area (Å²) in [4.78, 5) is 14.7. The highest BCUT2D eigenvalue weighted by molar-refractivity contribution is 7.13. The third kappa shape index (κ3) is 3.01. The van der Waals surface area contributed by atoms with E-state index < -0.39 is 0 Å². The number of piperazine rings is 1. The normalized spacial score (nSPS) is 17.5. The van der Waals surface area contributed by atoms with Gasteiger partial charge in [0.1, 0.15) is 0 Å². The molecule has 0 amide bonds. The molecule has 1 aliphatic rings. The van der Waals surface area contributed by atoms with Crippen molar-refractivity contribution in [2.45, 2.75) is 13.0 Å². The van der Waals surface area contributed by atoms with Gasteiger partial charge in [0.15, 0.2) is 5.13 Å². The van der Waals surface area contributed by atoms with E-state index in [9.17, 15) is 0 Å². The van der Waals surface area contributed by atoms with Gasteiger partial charge in [0.25, 0.3) is 0 Å². The van der Waals surface area contributed by atoms with E-state index in [-0.39, 0.29) is 6.04 Å². The van der Waals surface area contributed by atoms with Gasteiger partial charge in [-0.3, -0.25) is 4.90 Å². The Balaban J connectivity index is 1.41. The molecule has 8 heteroatoms. The van der Waals surface area contributed by atoms with E-state index in [0.29, 0.717) is 11.7 Å². The van der Waals surface area contributed by atoms with Gasteiger partial charge in [0.05, 0.1) is 10.9 Å². The molecule has 23 heavy (non-hydrogen) atoms. The summed E-state index contributed by atoms with van der Waals surface area (Å²) in [5.74, 6) is 1.37. The Morgan fingerprint density at radius 1 is 1.17 bits per heavy atom. The molecule has 3 aromatic rings. The number of aromatic nitrogens is 3. The van der Waals surface area contributed by atoms with Crippen LogP contribution in [0.3, 0.4) is 0 Å². The standard InChI is InChI=1S/C15H17N5OS2/c1-11(14-17-13(18-21-14)12-3-2-9-22-12)19-5-7-20(8-6-19)15-16-4-10-23-15/h2-4,9-11H,5-8H2,1H3/t11-/m1/s1. The zero-order valence-corrected chi connectivity index (χ0v) is 14.4. The SMILES string of the molecule is C[C@H](c1nc(-c2cccs2)no1)N1CCN(c2nccs2)CC1. The van der Waals surface area contributed by atoms with Crippen LogP contribution in [0.1, 0.15) is 18.9 Å². The second-order valence-corrected chi connectivity index (χ2v) is 7.27. The Kier molecular flexibility index (Phi) is 4.11. The van der Waals surface area contributed by atoms with E-state index in [4.69, 9.17) is 4.52 Å². The first-order valence-electron chi connectivity index (χ1n) is 7.57. The van der Waals surface area contributed by atoms with Gasteiger partial charge in [0.2, 0.25) is 11.7 Å². The molecule has 1 saturated heterocycles. The largest absolute Gasteiger partial charge is 0.346 e. The first-order valence-corrected chi connectivity index (χ1v) is 9.33. The summed E-state index contributed by atoms with van der Waals surface area (Å²) in [6.07, 6.45) is 1.86. The fourth-order valence-corrected chi connectivity index (χ4v) is 4.09. The van der Waals surface area contributed by atoms with Crippen LogP contribution >= 0.6 is 22.7 Å². The van der Waals surface area contributed by atoms with E-state index in [1.807, 2.05) is 29.1 Å². The molecule has 0 aromatic carbocycles. The van der Waals surface area contributed by atoms with E-state index in [1.54, 1.807) is 22.7 Å². The van der Waals surface area contributed by atoms with Crippen molar-refractivity contribution in [3.8, 4) is 10.7 Å². The predicted molar refractivity (Wildman–Crippen MR) is 91.9 cm³/mol. The van der Waals surface area contributed by atoms with Gasteiger partial charge in [-0.05, 0) is 18.4 Å². The van der Waals surface area contributed by atoms with Crippen LogP contribution in [0.4, 0.5) is 5.13 Å². The van der Waals surface area contributed by atoms with Crippen molar-refractivity contribution < 1.29 is 4.52 Å². The number of hydrogen-bond donors (Lipinski definition) is 0. The molecular weight excluding hydrogens is 330 g/mol. The average molecular weight is 347 g/mol. The highest BCUT2D eigenvalue weighted by Crippen LogP contribution is 2.27. The molecule has 0 unspecified atom stereocenters. The lowest BCUT2D eigenvalue weighted by Crippen LogP contribution is -2.47. The number of thiazole rings is 1. The van der Waals surface area contributed by atoms with Crippen molar-refractivity contribution in [2.24, 2.45) is 0 Å². The van der Waals surface area contributed by atoms with Gasteiger partial charge in [-0.1, -0.05) is 11.2 Å². The molecule has 0 spiro atoms. The van der Waals surface area contributed by atoms with Gasteiger partial charge in [-0.25, -0.2) is 4.98 Å². The Hall–Kier alpha value is -1.77. The molecule has 4 rings (SSSR count). The van der Waals surface area contributed by atoms with Crippen LogP contribution < -0.4 is 4.90 Å². The smallest absolute Gasteiger partial charge is 0.244 e. The van der Waals surface area contributed by atoms with Crippen molar-refractivity contribution in [2.75, 3.05) is 31.1 Å². The second kappa shape index (κ2) is 6.38. The minimum Gasteiger partial charge on any atom is -0.346 e. The fourth-order valence-electron chi connectivity index (χ4n) is 2.74. The second-order valence-electron chi connectivity index (χ2n) is 5.45. The monoisotopic (exact) mass is 347 g/mol. The number of nitrogens with zero attached hydrogens (tertiary/aromatic N) is 5. The first kappa shape index (κ1) is 14.8. The summed E-state index contributed by atoms with van der Waals surface area (Å²) < 4.78 is 5.48. The van der Waals surface area contributed by atoms with Crippen LogP contribution in [-0.4, -0.2) is 46.2 Å². The molecule has 0 saturated carbocycles. The minimum absolute atomic E-state index is 0.134. The maximum atomic E-state index is 5.48. The zero-order chi connectivity index (χ0) is 15.6. The lowest BCUT2D eigenvalue weighted by Gasteiger charge is -2.36. The molecule has 0 bridgehead atoms. The maximum absolute atomic E-state index is 5.48. The predicted octanol–water partition coefficient (Wildman–Crippen LogP) is 3.14. The van der Waals surface area contributed by atoms with Crippen LogP contribution in [0.5, 0.6) is 0 Å². The lowest BCUT2D eigenvalue weighted by atomic mass is 10.2. The third-order valence-corrected chi connectivity index (χ3v) is 5.79. The molecule has 0 N–H and O–H groups in total. The summed E-state index contributed by atoms with van der Waals surface area (Å²) >= 11 is 3.32. The molecule has 1 atom stereocenters. The Labute approximate surface area is 142 Å². The van der Waals surface area contributed by atoms with Crippen LogP contribution in [0.15, 0.2) is 33.6 Å². The van der Waals surface area contributed by atoms with Gasteiger partial charge in [-0.2, -0.15) is 4.98 Å². The highest BCUT2D eigenvalue weighted by Gasteiger charge is 2.26. The van der Waals surface area contributed by atoms with Crippen molar-refractivity contribution in [3.05, 3.63) is 35.0 Å². The summed E-state index contributed by atoms with van der Waals surface area (Å²) in [7, 11) is 0. The summed E-state index contributed by atoms with van der Waals surface area (Å²) in [5, 5.41) is 9.26. The van der Waals surface area contributed by atoms with Crippen LogP contribution in [0, 0.1) is 0 Å². The maximum Gasteiger partial charge on any atom is 0.244 e. The average Bonchev–Trinajstić information content (AvgIpc) is 3.36. The minimum atomic E-state index is 0.134. The molecule has 1 fully saturated rings. The Bertz CT molecular complexity index is 732. The summed E-state index contributed by atoms with van der Waals surface area (Å²) in [6, 6.07) is 4.14. The van der Waals surface area contributed by atoms with Gasteiger partial charge in [0, 0.05) is 37.8 Å². The van der Waals surface area contributed by atoms with Crippen molar-refractivity contribution in [1.29, 1.82) is 0 Å². The molecule has 0 radical (unpaired) electrons. The Morgan fingerprint density at radius 3 is 2.74 bits per heavy atom. The number of thiophene rings is 1. The van der Waals surface area contributed by atoms with Crippen LogP contribution in [0.25, 0.3) is 10.7 Å². The molecule has 3 aromatic heterocycles. The zero-order valence-electron chi connectivity index (χ0n) is 12.8. The van der Waals surface area contributed by atoms with Gasteiger partial charge in [-0.15, -0.1) is 22.7 Å². The third-order valence-electron chi connectivity index (χ3n) is 4.09. The quantitative estimate of drug-likeness (QED) is 0.723. The molecular formula is C15H17N5OS2. The van der Waals surface area contributed by atoms with Crippen LogP contribution in [0.2, 0.25) is 0 Å². The fraction of sp³-hybridized carbons (Fsp3) is 0.400. The van der Waals surface area contributed by atoms with Crippen LogP contribution in [-0.2, 0) is 0 Å². The number of rotatable bonds is 4. The van der Waals surface area contributed by atoms with E-state index >= 15 is 0 Å². The molecule has 1 aliphatic heterocycles. The Morgan fingerprint density at radius 2 is 2.04 bits per heavy atom. The van der Waals surface area contributed by atoms with Crippen molar-refractivity contribution in [1.82, 2.24) is 20.0 Å². The molecule has 6 nitrogen and oxygen atoms in total. The van der Waals surface area contributed by atoms with E-state index in [1.165, 1.54) is 0 Å². The molecule has 0 aliphatic carbocycles. The van der Waals surface area contributed by atoms with Crippen molar-refractivity contribution >= 4 is 27.8 Å². The topological polar surface area (TPSA) is 58.3 Å². The lowest BCUT2D eigenvalue weighted by molar-refractivity contribution is 0.164. The van der Waals surface area contributed by atoms with E-state index in [0.717, 1.165) is 36.2 Å². The van der Waals surface area contributed by atoms with Gasteiger partial charge < -0.3 is 9.42 Å². The molecule has 4 heterocycles. The van der Waals surface area contributed by atoms with E-state index in [2.05, 4.69) is 31.8 Å². The number of anilines is 1. The highest BCUT2D eigenvalue weighted by atomic mass is 32.1. The molecule has 120 valence electrons. The first-order chi connectivity index (χ1) is 11.3. The van der Waals surface area contributed by atoms with Crippen molar-refractivity contribution in [3.63, 3.8) is 0 Å². The summed E-state index contributed by atoms with van der Waals surface area (Å²) in [5.41, 5.74) is 0.